The van der Waals surface area contributed by atoms with E-state index in [-0.39, 0.29) is 14.5 Å². The van der Waals surface area contributed by atoms with E-state index in [0.717, 1.165) is 9.78 Å². The first-order valence-electron chi connectivity index (χ1n) is 3.24. The number of rotatable bonds is 1. The van der Waals surface area contributed by atoms with E-state index in [2.05, 4.69) is 4.98 Å². The Labute approximate surface area is 77.5 Å². The Morgan fingerprint density at radius 3 is 2.83 bits per heavy atom. The molecule has 0 spiro atoms. The molecule has 12 heavy (non-hydrogen) atoms. The van der Waals surface area contributed by atoms with E-state index in [1.54, 1.807) is 0 Å². The first kappa shape index (κ1) is 8.13. The number of nitrogens with zero attached hydrogens (tertiary/aromatic N) is 1. The Balaban J connectivity index is 2.70. The summed E-state index contributed by atoms with van der Waals surface area (Å²) in [6.07, 6.45) is 0. The molecule has 1 unspecified atom stereocenters. The summed E-state index contributed by atoms with van der Waals surface area (Å²) in [5.41, 5.74) is 0.843. The van der Waals surface area contributed by atoms with Gasteiger partial charge in [-0.25, -0.2) is 0 Å². The van der Waals surface area contributed by atoms with Crippen LogP contribution in [0.3, 0.4) is 0 Å². The van der Waals surface area contributed by atoms with Gasteiger partial charge < -0.3 is 0 Å². The van der Waals surface area contributed by atoms with E-state index >= 15 is 0 Å². The van der Waals surface area contributed by atoms with Crippen molar-refractivity contribution < 1.29 is 8.76 Å². The molecule has 1 aromatic heterocycles. The molecular formula is C7H5NO2SSe. The minimum atomic E-state index is -1.89. The first-order chi connectivity index (χ1) is 5.77. The van der Waals surface area contributed by atoms with E-state index in [9.17, 15) is 4.21 Å². The Morgan fingerprint density at radius 2 is 2.17 bits per heavy atom. The molecule has 2 rings (SSSR count). The molecular weight excluding hydrogens is 241 g/mol. The predicted molar refractivity (Wildman–Crippen MR) is 47.7 cm³/mol. The molecule has 5 heteroatoms. The fraction of sp³-hybridized carbons (Fsp3) is 0. The van der Waals surface area contributed by atoms with Crippen LogP contribution in [-0.4, -0.2) is 28.2 Å². The van der Waals surface area contributed by atoms with Gasteiger partial charge in [0.05, 0.1) is 0 Å². The van der Waals surface area contributed by atoms with Crippen LogP contribution in [0.4, 0.5) is 0 Å². The second-order valence-electron chi connectivity index (χ2n) is 2.20. The number of para-hydroxylation sites is 1. The Hall–Kier alpha value is -0.481. The molecule has 0 aliphatic heterocycles. The Bertz CT molecular complexity index is 407. The zero-order valence-electron chi connectivity index (χ0n) is 5.93. The molecule has 0 fully saturated rings. The summed E-state index contributed by atoms with van der Waals surface area (Å²) in [5.74, 6) is 0. The SMILES string of the molecule is O=S(O)c1nc2ccccc2[se]1. The van der Waals surface area contributed by atoms with Gasteiger partial charge in [0.15, 0.2) is 0 Å². The quantitative estimate of drug-likeness (QED) is 0.600. The van der Waals surface area contributed by atoms with E-state index in [1.807, 2.05) is 24.3 Å². The summed E-state index contributed by atoms with van der Waals surface area (Å²) in [4.78, 5) is 4.05. The van der Waals surface area contributed by atoms with Gasteiger partial charge in [-0.05, 0) is 0 Å². The molecule has 1 heterocycles. The molecule has 0 amide bonds. The third kappa shape index (κ3) is 1.36. The molecule has 0 bridgehead atoms. The maximum atomic E-state index is 10.7. The van der Waals surface area contributed by atoms with Crippen molar-refractivity contribution in [1.29, 1.82) is 0 Å². The van der Waals surface area contributed by atoms with Crippen molar-refractivity contribution >= 4 is 35.4 Å². The van der Waals surface area contributed by atoms with Gasteiger partial charge in [0, 0.05) is 0 Å². The van der Waals surface area contributed by atoms with Crippen LogP contribution in [0.15, 0.2) is 28.2 Å². The van der Waals surface area contributed by atoms with Crippen molar-refractivity contribution in [3.63, 3.8) is 0 Å². The summed E-state index contributed by atoms with van der Waals surface area (Å²) < 4.78 is 20.9. The maximum absolute atomic E-state index is 10.7. The standard InChI is InChI=1S/C7H5NO2SSe/c9-11(10)7-8-5-3-1-2-4-6(5)12-7/h1-4H,(H,9,10). The van der Waals surface area contributed by atoms with Gasteiger partial charge in [-0.3, -0.25) is 0 Å². The van der Waals surface area contributed by atoms with Crippen molar-refractivity contribution in [2.75, 3.05) is 0 Å². The molecule has 0 aliphatic carbocycles. The van der Waals surface area contributed by atoms with Crippen molar-refractivity contribution in [1.82, 2.24) is 4.98 Å². The topological polar surface area (TPSA) is 50.2 Å². The zero-order valence-corrected chi connectivity index (χ0v) is 8.46. The van der Waals surface area contributed by atoms with Gasteiger partial charge in [0.1, 0.15) is 0 Å². The van der Waals surface area contributed by atoms with E-state index in [4.69, 9.17) is 4.55 Å². The fourth-order valence-electron chi connectivity index (χ4n) is 0.926. The van der Waals surface area contributed by atoms with Gasteiger partial charge in [-0.1, -0.05) is 0 Å². The van der Waals surface area contributed by atoms with Crippen LogP contribution in [0, 0.1) is 0 Å². The molecule has 0 saturated heterocycles. The van der Waals surface area contributed by atoms with Crippen molar-refractivity contribution in [2.24, 2.45) is 0 Å². The summed E-state index contributed by atoms with van der Waals surface area (Å²) in [5, 5.41) is 0. The molecule has 0 aliphatic rings. The van der Waals surface area contributed by atoms with Crippen LogP contribution in [0.25, 0.3) is 9.78 Å². The zero-order chi connectivity index (χ0) is 8.55. The summed E-state index contributed by atoms with van der Waals surface area (Å²) >= 11 is -1.95. The van der Waals surface area contributed by atoms with Crippen LogP contribution >= 0.6 is 0 Å². The van der Waals surface area contributed by atoms with Crippen LogP contribution in [0.1, 0.15) is 0 Å². The van der Waals surface area contributed by atoms with E-state index < -0.39 is 11.1 Å². The third-order valence-corrected chi connectivity index (χ3v) is 4.89. The van der Waals surface area contributed by atoms with Crippen molar-refractivity contribution in [3.8, 4) is 0 Å². The fourth-order valence-corrected chi connectivity index (χ4v) is 3.55. The molecule has 1 atom stereocenters. The molecule has 1 N–H and O–H groups in total. The monoisotopic (exact) mass is 247 g/mol. The van der Waals surface area contributed by atoms with Crippen LogP contribution in [-0.2, 0) is 11.1 Å². The summed E-state index contributed by atoms with van der Waals surface area (Å²) in [6, 6.07) is 7.59. The Morgan fingerprint density at radius 1 is 1.42 bits per heavy atom. The number of aromatic nitrogens is 1. The number of hydrogen-bond donors (Lipinski definition) is 1. The average Bonchev–Trinajstić information content (AvgIpc) is 2.46. The van der Waals surface area contributed by atoms with Gasteiger partial charge in [-0.2, -0.15) is 0 Å². The molecule has 0 radical (unpaired) electrons. The molecule has 1 aromatic carbocycles. The van der Waals surface area contributed by atoms with Gasteiger partial charge >= 0.3 is 77.3 Å². The molecule has 2 aromatic rings. The molecule has 62 valence electrons. The third-order valence-electron chi connectivity index (χ3n) is 1.42. The van der Waals surface area contributed by atoms with Gasteiger partial charge in [0.25, 0.3) is 0 Å². The summed E-state index contributed by atoms with van der Waals surface area (Å²) in [7, 11) is 0. The van der Waals surface area contributed by atoms with Gasteiger partial charge in [0.2, 0.25) is 0 Å². The number of fused-ring (bicyclic) bond motifs is 1. The predicted octanol–water partition coefficient (Wildman–Crippen LogP) is 0.872. The van der Waals surface area contributed by atoms with Crippen molar-refractivity contribution in [2.45, 2.75) is 3.90 Å². The second-order valence-corrected chi connectivity index (χ2v) is 5.83. The van der Waals surface area contributed by atoms with E-state index in [1.165, 1.54) is 0 Å². The van der Waals surface area contributed by atoms with Crippen LogP contribution in [0.5, 0.6) is 0 Å². The van der Waals surface area contributed by atoms with Crippen molar-refractivity contribution in [3.05, 3.63) is 24.3 Å². The normalized spacial score (nSPS) is 13.4. The number of benzene rings is 1. The van der Waals surface area contributed by atoms with Crippen LogP contribution in [0.2, 0.25) is 0 Å². The summed E-state index contributed by atoms with van der Waals surface area (Å²) in [6.45, 7) is 0. The average molecular weight is 246 g/mol. The number of hydrogen-bond acceptors (Lipinski definition) is 2. The molecule has 0 saturated carbocycles. The molecule has 3 nitrogen and oxygen atoms in total. The Kier molecular flexibility index (Phi) is 2.10. The van der Waals surface area contributed by atoms with E-state index in [0.29, 0.717) is 3.90 Å². The van der Waals surface area contributed by atoms with Crippen LogP contribution < -0.4 is 0 Å². The minimum absolute atomic E-state index is 0.0593. The van der Waals surface area contributed by atoms with Gasteiger partial charge in [-0.15, -0.1) is 0 Å². The first-order valence-corrected chi connectivity index (χ1v) is 6.06. The second kappa shape index (κ2) is 3.11.